The summed E-state index contributed by atoms with van der Waals surface area (Å²) in [6.45, 7) is 2.59. The summed E-state index contributed by atoms with van der Waals surface area (Å²) in [5, 5.41) is 14.4. The average molecular weight is 531 g/mol. The Morgan fingerprint density at radius 3 is 2.29 bits per heavy atom. The molecular weight excluding hydrogens is 508 g/mol. The van der Waals surface area contributed by atoms with E-state index in [1.165, 1.54) is 18.2 Å². The molecule has 1 saturated heterocycles. The number of carbonyl (C=O) groups excluding carboxylic acids is 2. The molecule has 0 atom stereocenters. The summed E-state index contributed by atoms with van der Waals surface area (Å²) in [4.78, 5) is 40.0. The molecule has 3 aromatic carbocycles. The van der Waals surface area contributed by atoms with Gasteiger partial charge < -0.3 is 19.5 Å². The molecule has 38 heavy (non-hydrogen) atoms. The molecular formula is C28H23ClN4O5. The second-order valence-corrected chi connectivity index (χ2v) is 9.19. The molecule has 0 saturated carbocycles. The van der Waals surface area contributed by atoms with E-state index in [9.17, 15) is 19.7 Å². The van der Waals surface area contributed by atoms with Crippen LogP contribution in [-0.2, 0) is 0 Å². The van der Waals surface area contributed by atoms with E-state index in [0.717, 1.165) is 5.69 Å². The summed E-state index contributed by atoms with van der Waals surface area (Å²) in [5.41, 5.74) is 2.67. The van der Waals surface area contributed by atoms with Gasteiger partial charge in [0.05, 0.1) is 4.92 Å². The molecule has 192 valence electrons. The Morgan fingerprint density at radius 1 is 0.895 bits per heavy atom. The van der Waals surface area contributed by atoms with Crippen molar-refractivity contribution in [1.82, 2.24) is 4.90 Å². The molecule has 1 aromatic heterocycles. The minimum absolute atomic E-state index is 0.00838. The summed E-state index contributed by atoms with van der Waals surface area (Å²) >= 11 is 5.92. The van der Waals surface area contributed by atoms with Gasteiger partial charge in [0.1, 0.15) is 5.76 Å². The summed E-state index contributed by atoms with van der Waals surface area (Å²) in [6.07, 6.45) is 0. The van der Waals surface area contributed by atoms with Crippen molar-refractivity contribution < 1.29 is 18.9 Å². The number of carbonyl (C=O) groups is 2. The van der Waals surface area contributed by atoms with Gasteiger partial charge in [-0.1, -0.05) is 23.7 Å². The van der Waals surface area contributed by atoms with Crippen LogP contribution in [0.5, 0.6) is 0 Å². The van der Waals surface area contributed by atoms with E-state index < -0.39 is 10.8 Å². The highest BCUT2D eigenvalue weighted by atomic mass is 35.5. The van der Waals surface area contributed by atoms with Crippen LogP contribution >= 0.6 is 11.6 Å². The number of nitro groups is 1. The van der Waals surface area contributed by atoms with Crippen LogP contribution in [-0.4, -0.2) is 47.8 Å². The predicted molar refractivity (Wildman–Crippen MR) is 145 cm³/mol. The fraction of sp³-hybridized carbons (Fsp3) is 0.143. The molecule has 2 amide bonds. The van der Waals surface area contributed by atoms with Crippen molar-refractivity contribution in [3.63, 3.8) is 0 Å². The van der Waals surface area contributed by atoms with Crippen molar-refractivity contribution in [3.8, 4) is 11.3 Å². The molecule has 1 aliphatic heterocycles. The second-order valence-electron chi connectivity index (χ2n) is 8.76. The number of furan rings is 1. The van der Waals surface area contributed by atoms with E-state index in [2.05, 4.69) is 10.2 Å². The number of anilines is 2. The van der Waals surface area contributed by atoms with Crippen molar-refractivity contribution in [1.29, 1.82) is 0 Å². The van der Waals surface area contributed by atoms with Crippen LogP contribution in [0.3, 0.4) is 0 Å². The highest BCUT2D eigenvalue weighted by Gasteiger charge is 2.22. The third kappa shape index (κ3) is 5.52. The number of nitro benzene ring substituents is 1. The first kappa shape index (κ1) is 25.0. The quantitative estimate of drug-likeness (QED) is 0.252. The van der Waals surface area contributed by atoms with E-state index >= 15 is 0 Å². The lowest BCUT2D eigenvalue weighted by Crippen LogP contribution is -2.48. The highest BCUT2D eigenvalue weighted by Crippen LogP contribution is 2.27. The summed E-state index contributed by atoms with van der Waals surface area (Å²) in [7, 11) is 0. The zero-order valence-corrected chi connectivity index (χ0v) is 20.9. The first-order valence-electron chi connectivity index (χ1n) is 11.9. The lowest BCUT2D eigenvalue weighted by atomic mass is 10.1. The van der Waals surface area contributed by atoms with Gasteiger partial charge in [0.15, 0.2) is 5.76 Å². The van der Waals surface area contributed by atoms with Gasteiger partial charge in [-0.05, 0) is 60.7 Å². The molecule has 0 radical (unpaired) electrons. The van der Waals surface area contributed by atoms with Crippen LogP contribution in [0.15, 0.2) is 89.3 Å². The predicted octanol–water partition coefficient (Wildman–Crippen LogP) is 5.72. The number of nitrogens with one attached hydrogen (secondary N) is 1. The summed E-state index contributed by atoms with van der Waals surface area (Å²) in [6, 6.07) is 23.5. The first-order chi connectivity index (χ1) is 18.4. The molecule has 9 nitrogen and oxygen atoms in total. The Labute approximate surface area is 223 Å². The zero-order chi connectivity index (χ0) is 26.6. The van der Waals surface area contributed by atoms with E-state index in [-0.39, 0.29) is 17.4 Å². The van der Waals surface area contributed by atoms with Gasteiger partial charge in [0.2, 0.25) is 0 Å². The maximum absolute atomic E-state index is 12.7. The molecule has 1 fully saturated rings. The van der Waals surface area contributed by atoms with Crippen molar-refractivity contribution in [2.45, 2.75) is 0 Å². The third-order valence-electron chi connectivity index (χ3n) is 6.32. The Balaban J connectivity index is 1.17. The van der Waals surface area contributed by atoms with Gasteiger partial charge in [-0.3, -0.25) is 19.7 Å². The fourth-order valence-corrected chi connectivity index (χ4v) is 4.40. The van der Waals surface area contributed by atoms with Gasteiger partial charge in [-0.15, -0.1) is 0 Å². The standard InChI is InChI=1S/C28H23ClN4O5/c29-21-6-4-19(5-7-21)28(35)32-16-14-31(15-17-32)23-10-8-22(9-11-23)30-27(34)26-13-12-25(38-26)20-2-1-3-24(18-20)33(36)37/h1-13,18H,14-17H2,(H,30,34). The lowest BCUT2D eigenvalue weighted by molar-refractivity contribution is -0.384. The van der Waals surface area contributed by atoms with Crippen LogP contribution in [0.25, 0.3) is 11.3 Å². The topological polar surface area (TPSA) is 109 Å². The van der Waals surface area contributed by atoms with Gasteiger partial charge in [-0.25, -0.2) is 0 Å². The molecule has 10 heteroatoms. The average Bonchev–Trinajstić information content (AvgIpc) is 3.45. The molecule has 4 aromatic rings. The smallest absolute Gasteiger partial charge is 0.291 e. The number of benzene rings is 3. The highest BCUT2D eigenvalue weighted by molar-refractivity contribution is 6.30. The Bertz CT molecular complexity index is 1480. The fourth-order valence-electron chi connectivity index (χ4n) is 4.28. The van der Waals surface area contributed by atoms with E-state index in [1.54, 1.807) is 42.5 Å². The Morgan fingerprint density at radius 2 is 1.61 bits per heavy atom. The first-order valence-corrected chi connectivity index (χ1v) is 12.3. The van der Waals surface area contributed by atoms with Gasteiger partial charge >= 0.3 is 0 Å². The van der Waals surface area contributed by atoms with Crippen molar-refractivity contribution in [2.75, 3.05) is 36.4 Å². The van der Waals surface area contributed by atoms with Crippen molar-refractivity contribution in [2.24, 2.45) is 0 Å². The zero-order valence-electron chi connectivity index (χ0n) is 20.2. The van der Waals surface area contributed by atoms with Gasteiger partial charge in [-0.2, -0.15) is 0 Å². The van der Waals surface area contributed by atoms with Crippen LogP contribution in [0.1, 0.15) is 20.9 Å². The van der Waals surface area contributed by atoms with Crippen molar-refractivity contribution >= 4 is 40.5 Å². The number of halogens is 1. The maximum Gasteiger partial charge on any atom is 0.291 e. The third-order valence-corrected chi connectivity index (χ3v) is 6.57. The Hall–Kier alpha value is -4.63. The van der Waals surface area contributed by atoms with E-state index in [0.29, 0.717) is 53.8 Å². The molecule has 0 aliphatic carbocycles. The lowest BCUT2D eigenvalue weighted by Gasteiger charge is -2.36. The number of hydrogen-bond donors (Lipinski definition) is 1. The molecule has 0 unspecified atom stereocenters. The maximum atomic E-state index is 12.7. The largest absolute Gasteiger partial charge is 0.451 e. The number of hydrogen-bond acceptors (Lipinski definition) is 6. The number of nitrogens with zero attached hydrogens (tertiary/aromatic N) is 3. The van der Waals surface area contributed by atoms with Crippen LogP contribution < -0.4 is 10.2 Å². The number of amides is 2. The van der Waals surface area contributed by atoms with E-state index in [1.807, 2.05) is 29.2 Å². The summed E-state index contributed by atoms with van der Waals surface area (Å²) in [5.74, 6) is 0.0228. The minimum atomic E-state index is -0.482. The molecule has 5 rings (SSSR count). The number of rotatable bonds is 6. The molecule has 0 bridgehead atoms. The minimum Gasteiger partial charge on any atom is -0.451 e. The molecule has 2 heterocycles. The number of piperazine rings is 1. The molecule has 1 aliphatic rings. The normalized spacial score (nSPS) is 13.3. The number of non-ortho nitro benzene ring substituents is 1. The SMILES string of the molecule is O=C(Nc1ccc(N2CCN(C(=O)c3ccc(Cl)cc3)CC2)cc1)c1ccc(-c2cccc([N+](=O)[O-])c2)o1. The van der Waals surface area contributed by atoms with Crippen LogP contribution in [0.2, 0.25) is 5.02 Å². The van der Waals surface area contributed by atoms with Gasteiger partial charge in [0, 0.05) is 65.8 Å². The second kappa shape index (κ2) is 10.8. The van der Waals surface area contributed by atoms with Gasteiger partial charge in [0.25, 0.3) is 17.5 Å². The van der Waals surface area contributed by atoms with Crippen molar-refractivity contribution in [3.05, 3.63) is 111 Å². The van der Waals surface area contributed by atoms with Crippen LogP contribution in [0.4, 0.5) is 17.1 Å². The van der Waals surface area contributed by atoms with Crippen LogP contribution in [0, 0.1) is 10.1 Å². The summed E-state index contributed by atoms with van der Waals surface area (Å²) < 4.78 is 5.64. The Kier molecular flexibility index (Phi) is 7.10. The monoisotopic (exact) mass is 530 g/mol. The molecule has 0 spiro atoms. The van der Waals surface area contributed by atoms with E-state index in [4.69, 9.17) is 16.0 Å². The molecule has 1 N–H and O–H groups in total.